The number of amides is 1. The van der Waals surface area contributed by atoms with Crippen LogP contribution in [0.3, 0.4) is 0 Å². The molecule has 1 aromatic carbocycles. The zero-order valence-electron chi connectivity index (χ0n) is 18.4. The fraction of sp³-hybridized carbons (Fsp3) is 0.417. The molecule has 0 radical (unpaired) electrons. The Morgan fingerprint density at radius 3 is 2.65 bits per heavy atom. The number of ether oxygens (including phenoxy) is 1. The largest absolute Gasteiger partial charge is 0.497 e. The quantitative estimate of drug-likeness (QED) is 0.609. The lowest BCUT2D eigenvalue weighted by atomic mass is 9.93. The number of aromatic nitrogens is 4. The topological polar surface area (TPSA) is 73.1 Å². The minimum atomic E-state index is 0.144. The maximum atomic E-state index is 13.0. The van der Waals surface area contributed by atoms with E-state index in [4.69, 9.17) is 9.72 Å². The van der Waals surface area contributed by atoms with Crippen molar-refractivity contribution >= 4 is 5.91 Å². The highest BCUT2D eigenvalue weighted by molar-refractivity contribution is 5.79. The molecule has 3 aromatic rings. The number of nitrogens with zero attached hydrogens (tertiary/aromatic N) is 5. The zero-order valence-corrected chi connectivity index (χ0v) is 18.4. The molecular formula is C24H29N5O2. The number of methoxy groups -OCH3 is 1. The number of benzene rings is 1. The molecule has 7 nitrogen and oxygen atoms in total. The first-order chi connectivity index (χ1) is 15.1. The minimum absolute atomic E-state index is 0.144. The van der Waals surface area contributed by atoms with Crippen LogP contribution in [0.25, 0.3) is 5.82 Å². The van der Waals surface area contributed by atoms with Gasteiger partial charge in [-0.25, -0.2) is 9.97 Å². The molecular weight excluding hydrogens is 390 g/mol. The summed E-state index contributed by atoms with van der Waals surface area (Å²) < 4.78 is 7.24. The van der Waals surface area contributed by atoms with Gasteiger partial charge in [0.05, 0.1) is 19.2 Å². The molecule has 0 N–H and O–H groups in total. The average Bonchev–Trinajstić information content (AvgIpc) is 3.30. The first-order valence-electron chi connectivity index (χ1n) is 10.8. The van der Waals surface area contributed by atoms with Crippen LogP contribution in [0, 0.1) is 0 Å². The van der Waals surface area contributed by atoms with Crippen LogP contribution in [0.5, 0.6) is 5.75 Å². The van der Waals surface area contributed by atoms with Crippen LogP contribution < -0.4 is 4.74 Å². The van der Waals surface area contributed by atoms with Gasteiger partial charge in [-0.3, -0.25) is 14.3 Å². The smallest absolute Gasteiger partial charge is 0.227 e. The molecule has 31 heavy (non-hydrogen) atoms. The van der Waals surface area contributed by atoms with Crippen molar-refractivity contribution in [3.8, 4) is 11.6 Å². The molecule has 0 saturated carbocycles. The molecule has 0 bridgehead atoms. The minimum Gasteiger partial charge on any atom is -0.497 e. The van der Waals surface area contributed by atoms with E-state index in [1.54, 1.807) is 25.7 Å². The van der Waals surface area contributed by atoms with Crippen molar-refractivity contribution in [1.82, 2.24) is 24.4 Å². The highest BCUT2D eigenvalue weighted by Gasteiger charge is 2.28. The molecule has 1 atom stereocenters. The second kappa shape index (κ2) is 9.29. The summed E-state index contributed by atoms with van der Waals surface area (Å²) >= 11 is 0. The first-order valence-corrected chi connectivity index (χ1v) is 10.8. The molecule has 0 aliphatic carbocycles. The van der Waals surface area contributed by atoms with E-state index in [1.165, 1.54) is 0 Å². The average molecular weight is 420 g/mol. The standard InChI is InChI=1S/C24H29N5O2/c1-17(2)23-27-12-14-29(23)24-22(25-10-11-26-24)19-5-4-13-28(16-19)21(30)15-18-6-8-20(31-3)9-7-18/h6-12,14,17,19H,4-5,13,15-16H2,1-3H3/t19-/m0/s1. The number of hydrogen-bond acceptors (Lipinski definition) is 5. The summed E-state index contributed by atoms with van der Waals surface area (Å²) in [7, 11) is 1.64. The van der Waals surface area contributed by atoms with E-state index in [2.05, 4.69) is 23.8 Å². The predicted octanol–water partition coefficient (Wildman–Crippen LogP) is 3.74. The summed E-state index contributed by atoms with van der Waals surface area (Å²) in [4.78, 5) is 28.8. The lowest BCUT2D eigenvalue weighted by Gasteiger charge is -2.33. The van der Waals surface area contributed by atoms with Gasteiger partial charge in [0.25, 0.3) is 0 Å². The Hall–Kier alpha value is -3.22. The Morgan fingerprint density at radius 2 is 1.90 bits per heavy atom. The van der Waals surface area contributed by atoms with Gasteiger partial charge in [0.1, 0.15) is 11.6 Å². The second-order valence-corrected chi connectivity index (χ2v) is 8.28. The Kier molecular flexibility index (Phi) is 6.30. The van der Waals surface area contributed by atoms with Crippen LogP contribution in [0.15, 0.2) is 49.1 Å². The third-order valence-corrected chi connectivity index (χ3v) is 5.80. The number of piperidine rings is 1. The molecule has 0 unspecified atom stereocenters. The number of carbonyl (C=O) groups excluding carboxylic acids is 1. The van der Waals surface area contributed by atoms with Crippen molar-refractivity contribution < 1.29 is 9.53 Å². The van der Waals surface area contributed by atoms with Crippen molar-refractivity contribution in [2.75, 3.05) is 20.2 Å². The van der Waals surface area contributed by atoms with Crippen LogP contribution in [-0.4, -0.2) is 50.5 Å². The fourth-order valence-electron chi connectivity index (χ4n) is 4.19. The van der Waals surface area contributed by atoms with Crippen LogP contribution in [0.4, 0.5) is 0 Å². The predicted molar refractivity (Wildman–Crippen MR) is 118 cm³/mol. The monoisotopic (exact) mass is 419 g/mol. The van der Waals surface area contributed by atoms with Gasteiger partial charge >= 0.3 is 0 Å². The summed E-state index contributed by atoms with van der Waals surface area (Å²) in [6, 6.07) is 7.69. The summed E-state index contributed by atoms with van der Waals surface area (Å²) in [5.41, 5.74) is 1.93. The molecule has 1 aliphatic rings. The van der Waals surface area contributed by atoms with Crippen molar-refractivity contribution in [3.63, 3.8) is 0 Å². The molecule has 162 valence electrons. The summed E-state index contributed by atoms with van der Waals surface area (Å²) in [6.07, 6.45) is 9.54. The molecule has 0 spiro atoms. The van der Waals surface area contributed by atoms with Gasteiger partial charge in [-0.2, -0.15) is 0 Å². The second-order valence-electron chi connectivity index (χ2n) is 8.28. The van der Waals surface area contributed by atoms with E-state index in [-0.39, 0.29) is 17.7 Å². The molecule has 1 amide bonds. The van der Waals surface area contributed by atoms with E-state index < -0.39 is 0 Å². The Morgan fingerprint density at radius 1 is 1.13 bits per heavy atom. The SMILES string of the molecule is COc1ccc(CC(=O)N2CCC[C@H](c3nccnc3-n3ccnc3C(C)C)C2)cc1. The van der Waals surface area contributed by atoms with E-state index in [1.807, 2.05) is 39.9 Å². The van der Waals surface area contributed by atoms with E-state index in [9.17, 15) is 4.79 Å². The number of hydrogen-bond donors (Lipinski definition) is 0. The maximum Gasteiger partial charge on any atom is 0.227 e. The van der Waals surface area contributed by atoms with Crippen LogP contribution in [0.2, 0.25) is 0 Å². The molecule has 1 aliphatic heterocycles. The number of imidazole rings is 1. The highest BCUT2D eigenvalue weighted by atomic mass is 16.5. The summed E-state index contributed by atoms with van der Waals surface area (Å²) in [5.74, 6) is 3.15. The lowest BCUT2D eigenvalue weighted by molar-refractivity contribution is -0.131. The number of likely N-dealkylation sites (tertiary alicyclic amines) is 1. The molecule has 7 heteroatoms. The Labute approximate surface area is 183 Å². The van der Waals surface area contributed by atoms with Crippen LogP contribution in [-0.2, 0) is 11.2 Å². The normalized spacial score (nSPS) is 16.5. The van der Waals surface area contributed by atoms with Gasteiger partial charge in [0, 0.05) is 49.7 Å². The highest BCUT2D eigenvalue weighted by Crippen LogP contribution is 2.30. The van der Waals surface area contributed by atoms with Gasteiger partial charge in [-0.15, -0.1) is 0 Å². The molecule has 2 aromatic heterocycles. The Balaban J connectivity index is 1.52. The number of carbonyl (C=O) groups is 1. The van der Waals surface area contributed by atoms with Gasteiger partial charge in [0.2, 0.25) is 5.91 Å². The zero-order chi connectivity index (χ0) is 21.8. The number of rotatable bonds is 6. The lowest BCUT2D eigenvalue weighted by Crippen LogP contribution is -2.40. The van der Waals surface area contributed by atoms with Crippen LogP contribution in [0.1, 0.15) is 55.6 Å². The summed E-state index contributed by atoms with van der Waals surface area (Å²) in [6.45, 7) is 5.68. The Bertz CT molecular complexity index is 1030. The van der Waals surface area contributed by atoms with Gasteiger partial charge < -0.3 is 9.64 Å². The fourth-order valence-corrected chi connectivity index (χ4v) is 4.19. The molecule has 1 fully saturated rings. The van der Waals surface area contributed by atoms with Gasteiger partial charge in [-0.1, -0.05) is 26.0 Å². The molecule has 3 heterocycles. The maximum absolute atomic E-state index is 13.0. The third-order valence-electron chi connectivity index (χ3n) is 5.80. The van der Waals surface area contributed by atoms with Crippen LogP contribution >= 0.6 is 0 Å². The van der Waals surface area contributed by atoms with Crippen molar-refractivity contribution in [2.24, 2.45) is 0 Å². The van der Waals surface area contributed by atoms with Gasteiger partial charge in [-0.05, 0) is 30.5 Å². The van der Waals surface area contributed by atoms with Crippen molar-refractivity contribution in [2.45, 2.75) is 44.9 Å². The first kappa shape index (κ1) is 21.0. The molecule has 4 rings (SSSR count). The van der Waals surface area contributed by atoms with E-state index in [0.717, 1.165) is 48.0 Å². The summed E-state index contributed by atoms with van der Waals surface area (Å²) in [5, 5.41) is 0. The van der Waals surface area contributed by atoms with E-state index in [0.29, 0.717) is 13.0 Å². The third kappa shape index (κ3) is 4.60. The van der Waals surface area contributed by atoms with Crippen molar-refractivity contribution in [3.05, 3.63) is 66.1 Å². The van der Waals surface area contributed by atoms with E-state index >= 15 is 0 Å². The van der Waals surface area contributed by atoms with Gasteiger partial charge in [0.15, 0.2) is 5.82 Å². The molecule has 1 saturated heterocycles. The van der Waals surface area contributed by atoms with Crippen molar-refractivity contribution in [1.29, 1.82) is 0 Å².